The van der Waals surface area contributed by atoms with Gasteiger partial charge < -0.3 is 4.90 Å². The van der Waals surface area contributed by atoms with Gasteiger partial charge in [-0.3, -0.25) is 0 Å². The highest BCUT2D eigenvalue weighted by atomic mass is 15.1. The van der Waals surface area contributed by atoms with Crippen molar-refractivity contribution in [2.24, 2.45) is 5.92 Å². The fraction of sp³-hybridized carbons (Fsp3) is 0.600. The van der Waals surface area contributed by atoms with Crippen LogP contribution in [0.1, 0.15) is 60.3 Å². The lowest BCUT2D eigenvalue weighted by Gasteiger charge is -2.33. The first-order valence-corrected chi connectivity index (χ1v) is 8.66. The Morgan fingerprint density at radius 3 is 2.33 bits per heavy atom. The molecule has 0 aromatic heterocycles. The minimum absolute atomic E-state index is 0.753. The molecule has 21 heavy (non-hydrogen) atoms. The van der Waals surface area contributed by atoms with Crippen molar-refractivity contribution in [2.45, 2.75) is 60.3 Å². The summed E-state index contributed by atoms with van der Waals surface area (Å²) < 4.78 is 0. The highest BCUT2D eigenvalue weighted by molar-refractivity contribution is 5.46. The normalized spacial score (nSPS) is 16.4. The maximum atomic E-state index is 3.30. The van der Waals surface area contributed by atoms with Crippen LogP contribution in [0.4, 0.5) is 5.69 Å². The first-order valence-electron chi connectivity index (χ1n) is 8.66. The number of piperidine rings is 1. The summed E-state index contributed by atoms with van der Waals surface area (Å²) in [5.41, 5.74) is 1.36. The third-order valence-corrected chi connectivity index (χ3v) is 3.33. The molecule has 0 amide bonds. The molecule has 1 aromatic carbocycles. The van der Waals surface area contributed by atoms with Crippen LogP contribution in [-0.2, 0) is 0 Å². The van der Waals surface area contributed by atoms with E-state index < -0.39 is 0 Å². The minimum Gasteiger partial charge on any atom is -0.371 e. The van der Waals surface area contributed by atoms with E-state index in [9.17, 15) is 0 Å². The predicted octanol–water partition coefficient (Wildman–Crippen LogP) is 5.76. The van der Waals surface area contributed by atoms with Crippen LogP contribution in [0.5, 0.6) is 0 Å². The molecule has 1 fully saturated rings. The minimum atomic E-state index is 0.753. The molecule has 1 atom stereocenters. The molecule has 0 bridgehead atoms. The van der Waals surface area contributed by atoms with Crippen molar-refractivity contribution in [2.75, 3.05) is 18.0 Å². The van der Waals surface area contributed by atoms with E-state index >= 15 is 0 Å². The number of rotatable bonds is 2. The Kier molecular flexibility index (Phi) is 12.6. The summed E-state index contributed by atoms with van der Waals surface area (Å²) >= 11 is 0. The lowest BCUT2D eigenvalue weighted by Crippen LogP contribution is -2.35. The lowest BCUT2D eigenvalue weighted by atomic mass is 9.94. The fourth-order valence-electron chi connectivity index (χ4n) is 2.45. The van der Waals surface area contributed by atoms with E-state index in [1.165, 1.54) is 31.6 Å². The van der Waals surface area contributed by atoms with Crippen molar-refractivity contribution in [3.8, 4) is 11.8 Å². The molecule has 0 radical (unpaired) electrons. The summed E-state index contributed by atoms with van der Waals surface area (Å²) in [6, 6.07) is 10.7. The number of benzene rings is 1. The molecule has 1 aliphatic heterocycles. The largest absolute Gasteiger partial charge is 0.371 e. The highest BCUT2D eigenvalue weighted by Gasteiger charge is 2.18. The molecule has 1 aromatic rings. The van der Waals surface area contributed by atoms with E-state index in [1.54, 1.807) is 0 Å². The molecule has 1 aliphatic rings. The quantitative estimate of drug-likeness (QED) is 0.625. The molecular formula is C20H33N. The van der Waals surface area contributed by atoms with E-state index in [2.05, 4.69) is 54.0 Å². The molecule has 1 nitrogen and oxygen atoms in total. The monoisotopic (exact) mass is 287 g/mol. The second-order valence-electron chi connectivity index (χ2n) is 4.70. The van der Waals surface area contributed by atoms with Crippen molar-refractivity contribution in [3.05, 3.63) is 30.3 Å². The Morgan fingerprint density at radius 2 is 1.71 bits per heavy atom. The van der Waals surface area contributed by atoms with Crippen molar-refractivity contribution >= 4 is 5.69 Å². The van der Waals surface area contributed by atoms with Gasteiger partial charge in [-0.05, 0) is 30.9 Å². The molecule has 1 saturated heterocycles. The SMILES string of the molecule is CC.CC.CCC#CCC1CCCN(c2ccccc2)C1. The summed E-state index contributed by atoms with van der Waals surface area (Å²) in [5, 5.41) is 0. The molecule has 0 saturated carbocycles. The van der Waals surface area contributed by atoms with E-state index in [0.29, 0.717) is 0 Å². The Morgan fingerprint density at radius 1 is 1.05 bits per heavy atom. The Labute approximate surface area is 132 Å². The van der Waals surface area contributed by atoms with Crippen LogP contribution in [0.15, 0.2) is 30.3 Å². The summed E-state index contributed by atoms with van der Waals surface area (Å²) in [4.78, 5) is 2.50. The van der Waals surface area contributed by atoms with Crippen LogP contribution in [0.25, 0.3) is 0 Å². The highest BCUT2D eigenvalue weighted by Crippen LogP contribution is 2.24. The van der Waals surface area contributed by atoms with Gasteiger partial charge in [0.25, 0.3) is 0 Å². The van der Waals surface area contributed by atoms with E-state index in [-0.39, 0.29) is 0 Å². The molecular weight excluding hydrogens is 254 g/mol. The smallest absolute Gasteiger partial charge is 0.0366 e. The van der Waals surface area contributed by atoms with Crippen LogP contribution in [0, 0.1) is 17.8 Å². The molecule has 0 spiro atoms. The third kappa shape index (κ3) is 7.81. The second kappa shape index (κ2) is 13.6. The number of hydrogen-bond acceptors (Lipinski definition) is 1. The van der Waals surface area contributed by atoms with Gasteiger partial charge in [0.05, 0.1) is 0 Å². The van der Waals surface area contributed by atoms with Gasteiger partial charge in [-0.1, -0.05) is 52.8 Å². The van der Waals surface area contributed by atoms with Crippen molar-refractivity contribution in [3.63, 3.8) is 0 Å². The van der Waals surface area contributed by atoms with Gasteiger partial charge >= 0.3 is 0 Å². The van der Waals surface area contributed by atoms with Gasteiger partial charge in [-0.2, -0.15) is 0 Å². The lowest BCUT2D eigenvalue weighted by molar-refractivity contribution is 0.423. The molecule has 2 rings (SSSR count). The number of hydrogen-bond donors (Lipinski definition) is 0. The Balaban J connectivity index is 0.000000921. The summed E-state index contributed by atoms with van der Waals surface area (Å²) in [5.74, 6) is 7.23. The average Bonchev–Trinajstić information content (AvgIpc) is 2.60. The van der Waals surface area contributed by atoms with Crippen molar-refractivity contribution < 1.29 is 0 Å². The van der Waals surface area contributed by atoms with Crippen molar-refractivity contribution in [1.82, 2.24) is 0 Å². The standard InChI is InChI=1S/C16H21N.2C2H6/c1-2-3-5-9-15-10-8-13-17(14-15)16-11-6-4-7-12-16;2*1-2/h4,6-7,11-12,15H,2,8-10,13-14H2,1H3;2*1-2H3. The van der Waals surface area contributed by atoms with Gasteiger partial charge in [0, 0.05) is 31.6 Å². The zero-order valence-electron chi connectivity index (χ0n) is 14.7. The number of anilines is 1. The summed E-state index contributed by atoms with van der Waals surface area (Å²) in [7, 11) is 0. The molecule has 1 heterocycles. The molecule has 0 N–H and O–H groups in total. The van der Waals surface area contributed by atoms with Gasteiger partial charge in [0.1, 0.15) is 0 Å². The van der Waals surface area contributed by atoms with Crippen LogP contribution in [0.2, 0.25) is 0 Å². The van der Waals surface area contributed by atoms with Crippen LogP contribution in [-0.4, -0.2) is 13.1 Å². The molecule has 1 heteroatoms. The maximum Gasteiger partial charge on any atom is 0.0366 e. The predicted molar refractivity (Wildman–Crippen MR) is 96.8 cm³/mol. The maximum absolute atomic E-state index is 3.30. The number of para-hydroxylation sites is 1. The van der Waals surface area contributed by atoms with E-state index in [4.69, 9.17) is 0 Å². The van der Waals surface area contributed by atoms with Crippen LogP contribution >= 0.6 is 0 Å². The van der Waals surface area contributed by atoms with E-state index in [0.717, 1.165) is 18.8 Å². The van der Waals surface area contributed by atoms with Gasteiger partial charge in [-0.15, -0.1) is 11.8 Å². The first kappa shape index (κ1) is 19.6. The van der Waals surface area contributed by atoms with Gasteiger partial charge in [0.15, 0.2) is 0 Å². The summed E-state index contributed by atoms with van der Waals surface area (Å²) in [6.07, 6.45) is 4.68. The third-order valence-electron chi connectivity index (χ3n) is 3.33. The van der Waals surface area contributed by atoms with E-state index in [1.807, 2.05) is 27.7 Å². The topological polar surface area (TPSA) is 3.24 Å². The van der Waals surface area contributed by atoms with Crippen LogP contribution in [0.3, 0.4) is 0 Å². The Hall–Kier alpha value is -1.42. The van der Waals surface area contributed by atoms with Crippen LogP contribution < -0.4 is 4.90 Å². The molecule has 118 valence electrons. The second-order valence-corrected chi connectivity index (χ2v) is 4.70. The zero-order valence-corrected chi connectivity index (χ0v) is 14.7. The summed E-state index contributed by atoms with van der Waals surface area (Å²) in [6.45, 7) is 12.5. The Bertz CT molecular complexity index is 385. The first-order chi connectivity index (χ1) is 10.4. The van der Waals surface area contributed by atoms with Gasteiger partial charge in [-0.25, -0.2) is 0 Å². The average molecular weight is 287 g/mol. The van der Waals surface area contributed by atoms with Crippen molar-refractivity contribution in [1.29, 1.82) is 0 Å². The number of nitrogens with zero attached hydrogens (tertiary/aromatic N) is 1. The fourth-order valence-corrected chi connectivity index (χ4v) is 2.45. The zero-order chi connectivity index (χ0) is 15.9. The van der Waals surface area contributed by atoms with Gasteiger partial charge in [0.2, 0.25) is 0 Å². The molecule has 1 unspecified atom stereocenters. The molecule has 0 aliphatic carbocycles.